The maximum Gasteiger partial charge on any atom is 0.501 e. The van der Waals surface area contributed by atoms with Crippen molar-refractivity contribution in [2.75, 3.05) is 0 Å². The van der Waals surface area contributed by atoms with Gasteiger partial charge in [-0.25, -0.2) is 4.79 Å². The molecule has 0 bridgehead atoms. The second-order valence-corrected chi connectivity index (χ2v) is 7.41. The number of hydrogen-bond donors (Lipinski definition) is 0. The standard InChI is InChI=1S/C21H18F3N4O3/c1-12(2)28-19(29)15-8-3-4-9-16(15)27(20(28)30)11-17-25-18(26-31-17)13-6-5-7-14(10-13)21(22,23)24/h3-10,12,15H,11H2,1-2H3/q+1. The number of allylic oxidation sites excluding steroid dienone is 3. The molecular weight excluding hydrogens is 413 g/mol. The largest absolute Gasteiger partial charge is 0.501 e. The highest BCUT2D eigenvalue weighted by Gasteiger charge is 2.48. The molecule has 0 fully saturated rings. The van der Waals surface area contributed by atoms with E-state index in [1.807, 2.05) is 0 Å². The summed E-state index contributed by atoms with van der Waals surface area (Å²) in [4.78, 5) is 31.1. The van der Waals surface area contributed by atoms with Gasteiger partial charge in [0.05, 0.1) is 5.56 Å². The van der Waals surface area contributed by atoms with Crippen LogP contribution in [0.4, 0.5) is 18.0 Å². The number of imide groups is 1. The third kappa shape index (κ3) is 3.80. The fraction of sp³-hybridized carbons (Fsp3) is 0.286. The number of carbonyl (C=O) groups is 2. The second-order valence-electron chi connectivity index (χ2n) is 7.41. The van der Waals surface area contributed by atoms with Crippen LogP contribution in [0.3, 0.4) is 0 Å². The van der Waals surface area contributed by atoms with Crippen molar-refractivity contribution in [3.63, 3.8) is 0 Å². The molecule has 2 aromatic rings. The minimum absolute atomic E-state index is 0.0250. The van der Waals surface area contributed by atoms with E-state index in [1.54, 1.807) is 38.2 Å². The maximum absolute atomic E-state index is 13.0. The number of rotatable bonds is 4. The van der Waals surface area contributed by atoms with Crippen molar-refractivity contribution in [2.24, 2.45) is 5.92 Å². The fourth-order valence-electron chi connectivity index (χ4n) is 3.52. The van der Waals surface area contributed by atoms with Crippen molar-refractivity contribution >= 4 is 17.6 Å². The molecule has 31 heavy (non-hydrogen) atoms. The maximum atomic E-state index is 13.0. The zero-order valence-corrected chi connectivity index (χ0v) is 16.6. The number of fused-ring (bicyclic) bond motifs is 1. The van der Waals surface area contributed by atoms with E-state index in [9.17, 15) is 22.8 Å². The Balaban J connectivity index is 1.68. The first-order chi connectivity index (χ1) is 14.7. The molecule has 0 spiro atoms. The summed E-state index contributed by atoms with van der Waals surface area (Å²) in [5.74, 6) is -0.922. The van der Waals surface area contributed by atoms with E-state index in [2.05, 4.69) is 10.1 Å². The third-order valence-corrected chi connectivity index (χ3v) is 4.98. The van der Waals surface area contributed by atoms with Gasteiger partial charge in [0.25, 0.3) is 5.89 Å². The molecular formula is C21H18F3N4O3+. The lowest BCUT2D eigenvalue weighted by atomic mass is 9.94. The molecule has 1 aliphatic carbocycles. The Bertz CT molecular complexity index is 1140. The SMILES string of the molecule is CC(C)N1C(=O)C2C=CC=CC2=[N+](Cc2nc(-c3cccc(C(F)(F)F)c3)no2)C1=O. The number of benzene rings is 1. The Hall–Kier alpha value is -3.56. The zero-order valence-electron chi connectivity index (χ0n) is 16.6. The number of alkyl halides is 3. The average molecular weight is 431 g/mol. The van der Waals surface area contributed by atoms with Gasteiger partial charge < -0.3 is 4.52 Å². The number of carbonyl (C=O) groups excluding carboxylic acids is 2. The minimum Gasteiger partial charge on any atom is -0.335 e. The molecule has 2 heterocycles. The Morgan fingerprint density at radius 3 is 2.71 bits per heavy atom. The number of nitrogens with zero attached hydrogens (tertiary/aromatic N) is 4. The molecule has 160 valence electrons. The Morgan fingerprint density at radius 1 is 1.23 bits per heavy atom. The van der Waals surface area contributed by atoms with E-state index < -0.39 is 23.7 Å². The van der Waals surface area contributed by atoms with Crippen LogP contribution in [0.1, 0.15) is 25.3 Å². The molecule has 2 aliphatic rings. The Kier molecular flexibility index (Phi) is 5.08. The summed E-state index contributed by atoms with van der Waals surface area (Å²) in [6.07, 6.45) is 2.32. The molecule has 0 saturated heterocycles. The number of urea groups is 1. The van der Waals surface area contributed by atoms with Crippen LogP contribution in [0, 0.1) is 5.92 Å². The van der Waals surface area contributed by atoms with Crippen LogP contribution in [-0.4, -0.2) is 43.3 Å². The molecule has 1 unspecified atom stereocenters. The molecule has 0 N–H and O–H groups in total. The lowest BCUT2D eigenvalue weighted by Gasteiger charge is -2.28. The van der Waals surface area contributed by atoms with Crippen molar-refractivity contribution in [3.8, 4) is 11.4 Å². The monoisotopic (exact) mass is 431 g/mol. The predicted octanol–water partition coefficient (Wildman–Crippen LogP) is 3.82. The summed E-state index contributed by atoms with van der Waals surface area (Å²) in [5, 5.41) is 3.76. The second kappa shape index (κ2) is 7.60. The summed E-state index contributed by atoms with van der Waals surface area (Å²) in [5.41, 5.74) is -0.209. The highest BCUT2D eigenvalue weighted by molar-refractivity contribution is 6.16. The van der Waals surface area contributed by atoms with E-state index >= 15 is 0 Å². The average Bonchev–Trinajstić information content (AvgIpc) is 3.19. The van der Waals surface area contributed by atoms with Crippen molar-refractivity contribution in [3.05, 3.63) is 60.0 Å². The van der Waals surface area contributed by atoms with Crippen LogP contribution in [0.15, 0.2) is 53.1 Å². The fourth-order valence-corrected chi connectivity index (χ4v) is 3.52. The van der Waals surface area contributed by atoms with Crippen molar-refractivity contribution in [1.29, 1.82) is 0 Å². The van der Waals surface area contributed by atoms with Crippen LogP contribution in [0.25, 0.3) is 11.4 Å². The topological polar surface area (TPSA) is 79.3 Å². The van der Waals surface area contributed by atoms with Crippen LogP contribution in [0.5, 0.6) is 0 Å². The lowest BCUT2D eigenvalue weighted by Crippen LogP contribution is -2.56. The molecule has 0 radical (unpaired) electrons. The Morgan fingerprint density at radius 2 is 2.00 bits per heavy atom. The van der Waals surface area contributed by atoms with Gasteiger partial charge in [0.1, 0.15) is 17.7 Å². The van der Waals surface area contributed by atoms with E-state index in [-0.39, 0.29) is 35.8 Å². The van der Waals surface area contributed by atoms with Gasteiger partial charge in [0.15, 0.2) is 6.54 Å². The Labute approximate surface area is 175 Å². The van der Waals surface area contributed by atoms with Crippen molar-refractivity contribution < 1.29 is 31.9 Å². The number of hydrogen-bond acceptors (Lipinski definition) is 5. The van der Waals surface area contributed by atoms with Crippen molar-refractivity contribution in [1.82, 2.24) is 15.0 Å². The van der Waals surface area contributed by atoms with E-state index in [1.165, 1.54) is 21.6 Å². The number of amides is 3. The summed E-state index contributed by atoms with van der Waals surface area (Å²) >= 11 is 0. The first-order valence-electron chi connectivity index (χ1n) is 9.53. The number of halogens is 3. The molecule has 1 aliphatic heterocycles. The summed E-state index contributed by atoms with van der Waals surface area (Å²) in [7, 11) is 0. The van der Waals surface area contributed by atoms with Gasteiger partial charge in [0, 0.05) is 5.56 Å². The van der Waals surface area contributed by atoms with Gasteiger partial charge in [-0.15, -0.1) is 0 Å². The van der Waals surface area contributed by atoms with Gasteiger partial charge in [-0.3, -0.25) is 0 Å². The van der Waals surface area contributed by atoms with Gasteiger partial charge in [0.2, 0.25) is 5.82 Å². The van der Waals surface area contributed by atoms with E-state index in [4.69, 9.17) is 4.52 Å². The molecule has 4 rings (SSSR count). The highest BCUT2D eigenvalue weighted by atomic mass is 19.4. The highest BCUT2D eigenvalue weighted by Crippen LogP contribution is 2.31. The van der Waals surface area contributed by atoms with Gasteiger partial charge in [-0.1, -0.05) is 35.5 Å². The summed E-state index contributed by atoms with van der Waals surface area (Å²) < 4.78 is 45.5. The smallest absolute Gasteiger partial charge is 0.335 e. The summed E-state index contributed by atoms with van der Waals surface area (Å²) in [6, 6.07) is 3.70. The van der Waals surface area contributed by atoms with Crippen LogP contribution < -0.4 is 0 Å². The van der Waals surface area contributed by atoms with Crippen molar-refractivity contribution in [2.45, 2.75) is 32.6 Å². The predicted molar refractivity (Wildman–Crippen MR) is 103 cm³/mol. The van der Waals surface area contributed by atoms with Crippen LogP contribution in [0.2, 0.25) is 0 Å². The van der Waals surface area contributed by atoms with Crippen LogP contribution >= 0.6 is 0 Å². The summed E-state index contributed by atoms with van der Waals surface area (Å²) in [6.45, 7) is 3.35. The quantitative estimate of drug-likeness (QED) is 0.688. The van der Waals surface area contributed by atoms with E-state index in [0.29, 0.717) is 5.71 Å². The molecule has 3 amide bonds. The van der Waals surface area contributed by atoms with E-state index in [0.717, 1.165) is 12.1 Å². The normalized spacial score (nSPS) is 18.9. The zero-order chi connectivity index (χ0) is 22.3. The minimum atomic E-state index is -4.50. The molecule has 1 atom stereocenters. The third-order valence-electron chi connectivity index (χ3n) is 4.98. The first kappa shape index (κ1) is 20.7. The molecule has 0 saturated carbocycles. The molecule has 10 heteroatoms. The lowest BCUT2D eigenvalue weighted by molar-refractivity contribution is -0.460. The molecule has 1 aromatic carbocycles. The first-order valence-corrected chi connectivity index (χ1v) is 9.53. The van der Waals surface area contributed by atoms with Gasteiger partial charge in [-0.05, 0) is 32.1 Å². The number of aromatic nitrogens is 2. The van der Waals surface area contributed by atoms with Crippen LogP contribution in [-0.2, 0) is 17.5 Å². The molecule has 7 nitrogen and oxygen atoms in total. The van der Waals surface area contributed by atoms with Gasteiger partial charge in [-0.2, -0.15) is 32.4 Å². The molecule has 1 aromatic heterocycles. The van der Waals surface area contributed by atoms with Gasteiger partial charge >= 0.3 is 18.1 Å².